The van der Waals surface area contributed by atoms with Crippen LogP contribution >= 0.6 is 24.8 Å². The minimum Gasteiger partial charge on any atom is -0.366 e. The summed E-state index contributed by atoms with van der Waals surface area (Å²) in [6.45, 7) is 3.04. The van der Waals surface area contributed by atoms with Gasteiger partial charge in [-0.3, -0.25) is 14.9 Å². The number of carbonyl (C=O) groups excluding carboxylic acids is 1. The van der Waals surface area contributed by atoms with Crippen LogP contribution in [0.2, 0.25) is 0 Å². The summed E-state index contributed by atoms with van der Waals surface area (Å²) in [5.74, 6) is 0.266. The molecule has 1 aromatic carbocycles. The van der Waals surface area contributed by atoms with Crippen LogP contribution in [-0.4, -0.2) is 40.1 Å². The molecule has 1 atom stereocenters. The first-order valence-electron chi connectivity index (χ1n) is 8.34. The average molecular weight is 411 g/mol. The van der Waals surface area contributed by atoms with Crippen LogP contribution in [0.5, 0.6) is 0 Å². The number of anilines is 1. The van der Waals surface area contributed by atoms with Gasteiger partial charge in [-0.15, -0.1) is 24.8 Å². The smallest absolute Gasteiger partial charge is 0.267 e. The van der Waals surface area contributed by atoms with E-state index in [4.69, 9.17) is 5.21 Å². The molecule has 1 aromatic heterocycles. The second-order valence-corrected chi connectivity index (χ2v) is 6.14. The van der Waals surface area contributed by atoms with E-state index >= 15 is 0 Å². The van der Waals surface area contributed by atoms with Crippen LogP contribution in [0.25, 0.3) is 6.08 Å². The van der Waals surface area contributed by atoms with Crippen molar-refractivity contribution in [2.24, 2.45) is 0 Å². The lowest BCUT2D eigenvalue weighted by molar-refractivity contribution is -0.124. The third-order valence-electron chi connectivity index (χ3n) is 4.20. The number of benzene rings is 1. The maximum absolute atomic E-state index is 11.0. The van der Waals surface area contributed by atoms with E-state index < -0.39 is 5.91 Å². The quantitative estimate of drug-likeness (QED) is 0.387. The van der Waals surface area contributed by atoms with Crippen LogP contribution in [0.1, 0.15) is 17.5 Å². The first kappa shape index (κ1) is 22.9. The molecular weight excluding hydrogens is 387 g/mol. The minimum absolute atomic E-state index is 0. The van der Waals surface area contributed by atoms with E-state index in [9.17, 15) is 4.79 Å². The molecule has 0 bridgehead atoms. The van der Waals surface area contributed by atoms with Crippen molar-refractivity contribution in [1.29, 1.82) is 0 Å². The summed E-state index contributed by atoms with van der Waals surface area (Å²) >= 11 is 0. The molecule has 3 rings (SSSR count). The van der Waals surface area contributed by atoms with Crippen molar-refractivity contribution in [1.82, 2.24) is 15.4 Å². The highest BCUT2D eigenvalue weighted by atomic mass is 35.5. The van der Waals surface area contributed by atoms with Crippen LogP contribution < -0.4 is 10.8 Å². The van der Waals surface area contributed by atoms with Gasteiger partial charge in [-0.05, 0) is 35.8 Å². The molecule has 1 aliphatic heterocycles. The monoisotopic (exact) mass is 410 g/mol. The Kier molecular flexibility index (Phi) is 9.82. The van der Waals surface area contributed by atoms with Crippen LogP contribution in [0.15, 0.2) is 54.7 Å². The van der Waals surface area contributed by atoms with Crippen molar-refractivity contribution in [3.05, 3.63) is 65.9 Å². The summed E-state index contributed by atoms with van der Waals surface area (Å²) < 4.78 is 0. The zero-order valence-electron chi connectivity index (χ0n) is 14.7. The fourth-order valence-electron chi connectivity index (χ4n) is 2.94. The number of nitrogens with zero attached hydrogens (tertiary/aromatic N) is 2. The van der Waals surface area contributed by atoms with Crippen molar-refractivity contribution >= 4 is 42.6 Å². The molecule has 27 heavy (non-hydrogen) atoms. The van der Waals surface area contributed by atoms with E-state index in [-0.39, 0.29) is 24.8 Å². The number of carbonyl (C=O) groups is 1. The van der Waals surface area contributed by atoms with E-state index in [2.05, 4.69) is 39.5 Å². The molecule has 1 amide bonds. The molecule has 3 N–H and O–H groups in total. The zero-order chi connectivity index (χ0) is 17.5. The molecular formula is C19H24Cl2N4O2. The predicted octanol–water partition coefficient (Wildman–Crippen LogP) is 3.13. The fourth-order valence-corrected chi connectivity index (χ4v) is 2.94. The van der Waals surface area contributed by atoms with Gasteiger partial charge in [-0.1, -0.05) is 30.3 Å². The second-order valence-electron chi connectivity index (χ2n) is 6.14. The molecule has 0 radical (unpaired) electrons. The number of hydrogen-bond donors (Lipinski definition) is 3. The largest absolute Gasteiger partial charge is 0.366 e. The molecule has 2 heterocycles. The van der Waals surface area contributed by atoms with E-state index in [0.717, 1.165) is 37.4 Å². The first-order chi connectivity index (χ1) is 12.2. The van der Waals surface area contributed by atoms with Gasteiger partial charge in [-0.2, -0.15) is 0 Å². The number of amides is 1. The number of rotatable bonds is 6. The summed E-state index contributed by atoms with van der Waals surface area (Å²) in [4.78, 5) is 17.8. The lowest BCUT2D eigenvalue weighted by Gasteiger charge is -2.17. The van der Waals surface area contributed by atoms with Gasteiger partial charge < -0.3 is 5.32 Å². The highest BCUT2D eigenvalue weighted by molar-refractivity contribution is 5.90. The number of aromatic nitrogens is 1. The number of hydroxylamine groups is 1. The third-order valence-corrected chi connectivity index (χ3v) is 4.20. The van der Waals surface area contributed by atoms with Crippen molar-refractivity contribution in [3.63, 3.8) is 0 Å². The molecule has 0 spiro atoms. The molecule has 8 heteroatoms. The van der Waals surface area contributed by atoms with Gasteiger partial charge in [0.15, 0.2) is 0 Å². The lowest BCUT2D eigenvalue weighted by Crippen LogP contribution is -2.26. The van der Waals surface area contributed by atoms with Gasteiger partial charge >= 0.3 is 0 Å². The number of nitrogens with one attached hydrogen (secondary N) is 2. The van der Waals surface area contributed by atoms with Gasteiger partial charge in [-0.25, -0.2) is 10.5 Å². The van der Waals surface area contributed by atoms with Gasteiger partial charge in [0.1, 0.15) is 5.82 Å². The van der Waals surface area contributed by atoms with Crippen molar-refractivity contribution in [3.8, 4) is 0 Å². The maximum Gasteiger partial charge on any atom is 0.267 e. The molecule has 0 saturated carbocycles. The zero-order valence-corrected chi connectivity index (χ0v) is 16.4. The molecule has 0 unspecified atom stereocenters. The normalized spacial score (nSPS) is 16.4. The Morgan fingerprint density at radius 1 is 1.22 bits per heavy atom. The van der Waals surface area contributed by atoms with Crippen molar-refractivity contribution in [2.75, 3.05) is 18.4 Å². The van der Waals surface area contributed by atoms with E-state index in [0.29, 0.717) is 6.04 Å². The summed E-state index contributed by atoms with van der Waals surface area (Å²) in [6, 6.07) is 14.7. The summed E-state index contributed by atoms with van der Waals surface area (Å²) in [6.07, 6.45) is 5.63. The van der Waals surface area contributed by atoms with Crippen LogP contribution in [-0.2, 0) is 11.3 Å². The number of halogens is 2. The van der Waals surface area contributed by atoms with Gasteiger partial charge in [0.2, 0.25) is 0 Å². The Morgan fingerprint density at radius 3 is 2.67 bits per heavy atom. The molecule has 1 fully saturated rings. The number of hydrogen-bond acceptors (Lipinski definition) is 5. The topological polar surface area (TPSA) is 77.5 Å². The highest BCUT2D eigenvalue weighted by Crippen LogP contribution is 2.17. The summed E-state index contributed by atoms with van der Waals surface area (Å²) in [7, 11) is 0. The molecule has 1 aliphatic rings. The summed E-state index contributed by atoms with van der Waals surface area (Å²) in [5, 5.41) is 11.9. The minimum atomic E-state index is -0.563. The van der Waals surface area contributed by atoms with Crippen LogP contribution in [0.3, 0.4) is 0 Å². The first-order valence-corrected chi connectivity index (χ1v) is 8.34. The SMILES string of the molecule is Cl.Cl.O=C(/C=C/c1ccc(N[C@H]2CCN(Cc3ccccc3)C2)nc1)NO. The lowest BCUT2D eigenvalue weighted by atomic mass is 10.2. The number of likely N-dealkylation sites (tertiary alicyclic amines) is 1. The predicted molar refractivity (Wildman–Crippen MR) is 111 cm³/mol. The molecule has 6 nitrogen and oxygen atoms in total. The molecule has 146 valence electrons. The standard InChI is InChI=1S/C19H22N4O2.2ClH/c24-19(22-25)9-7-15-6-8-18(20-12-15)21-17-10-11-23(14-17)13-16-4-2-1-3-5-16;;/h1-9,12,17,25H,10-11,13-14H2,(H,20,21)(H,22,24);2*1H/b9-7+;;/t17-;;/m0../s1. The Morgan fingerprint density at radius 2 is 2.00 bits per heavy atom. The van der Waals surface area contributed by atoms with Crippen LogP contribution in [0, 0.1) is 0 Å². The fraction of sp³-hybridized carbons (Fsp3) is 0.263. The third kappa shape index (κ3) is 7.19. The van der Waals surface area contributed by atoms with Gasteiger partial charge in [0.25, 0.3) is 5.91 Å². The van der Waals surface area contributed by atoms with Crippen molar-refractivity contribution in [2.45, 2.75) is 19.0 Å². The average Bonchev–Trinajstić information content (AvgIpc) is 3.08. The van der Waals surface area contributed by atoms with Gasteiger partial charge in [0, 0.05) is 37.9 Å². The Hall–Kier alpha value is -2.12. The van der Waals surface area contributed by atoms with Crippen molar-refractivity contribution < 1.29 is 10.0 Å². The second kappa shape index (κ2) is 11.6. The Bertz CT molecular complexity index is 726. The Balaban J connectivity index is 0.00000182. The summed E-state index contributed by atoms with van der Waals surface area (Å²) in [5.41, 5.74) is 3.69. The maximum atomic E-state index is 11.0. The van der Waals surface area contributed by atoms with E-state index in [1.165, 1.54) is 11.6 Å². The van der Waals surface area contributed by atoms with E-state index in [1.54, 1.807) is 17.8 Å². The molecule has 0 aliphatic carbocycles. The van der Waals surface area contributed by atoms with Crippen LogP contribution in [0.4, 0.5) is 5.82 Å². The molecule has 2 aromatic rings. The molecule has 1 saturated heterocycles. The highest BCUT2D eigenvalue weighted by Gasteiger charge is 2.22. The Labute approximate surface area is 171 Å². The number of pyridine rings is 1. The van der Waals surface area contributed by atoms with E-state index in [1.807, 2.05) is 18.2 Å². The van der Waals surface area contributed by atoms with Gasteiger partial charge in [0.05, 0.1) is 0 Å².